The summed E-state index contributed by atoms with van der Waals surface area (Å²) in [5, 5.41) is 3.20. The topological polar surface area (TPSA) is 38.5 Å². The molecular weight excluding hydrogens is 346 g/mol. The molecule has 0 aliphatic carbocycles. The first-order valence-corrected chi connectivity index (χ1v) is 10.1. The summed E-state index contributed by atoms with van der Waals surface area (Å²) in [5.41, 5.74) is 4.36. The van der Waals surface area contributed by atoms with Crippen LogP contribution in [0, 0.1) is 0 Å². The predicted octanol–water partition coefficient (Wildman–Crippen LogP) is 3.44. The normalized spacial score (nSPS) is 20.1. The molecule has 1 aromatic heterocycles. The second-order valence-corrected chi connectivity index (χ2v) is 7.69. The number of nitrogens with zero attached hydrogens (tertiary/aromatic N) is 1. The molecule has 4 nitrogen and oxygen atoms in total. The number of carbonyl (C=O) groups excluding carboxylic acids is 1. The maximum atomic E-state index is 13.1. The molecule has 1 aliphatic heterocycles. The number of anilines is 1. The van der Waals surface area contributed by atoms with Gasteiger partial charge in [-0.3, -0.25) is 4.79 Å². The number of carbonyl (C=O) groups is 1. The molecule has 0 spiro atoms. The van der Waals surface area contributed by atoms with Gasteiger partial charge in [-0.15, -0.1) is 0 Å². The van der Waals surface area contributed by atoms with Crippen LogP contribution in [-0.2, 0) is 11.8 Å². The molecule has 4 heteroatoms. The first-order chi connectivity index (χ1) is 13.6. The zero-order valence-electron chi connectivity index (χ0n) is 16.6. The van der Waals surface area contributed by atoms with Crippen molar-refractivity contribution in [2.45, 2.75) is 31.8 Å². The molecule has 0 saturated carbocycles. The third-order valence-corrected chi connectivity index (χ3v) is 5.97. The highest BCUT2D eigenvalue weighted by atomic mass is 16.2. The Morgan fingerprint density at radius 3 is 2.57 bits per heavy atom. The Kier molecular flexibility index (Phi) is 5.31. The fourth-order valence-corrected chi connectivity index (χ4v) is 4.43. The van der Waals surface area contributed by atoms with Gasteiger partial charge in [0.05, 0.1) is 12.2 Å². The molecule has 0 radical (unpaired) electrons. The Hall–Kier alpha value is -2.85. The van der Waals surface area contributed by atoms with Crippen molar-refractivity contribution < 1.29 is 9.69 Å². The predicted molar refractivity (Wildman–Crippen MR) is 113 cm³/mol. The monoisotopic (exact) mass is 374 g/mol. The molecule has 2 heterocycles. The molecule has 1 fully saturated rings. The van der Waals surface area contributed by atoms with Gasteiger partial charge in [-0.2, -0.15) is 0 Å². The van der Waals surface area contributed by atoms with E-state index in [0.29, 0.717) is 6.04 Å². The minimum Gasteiger partial charge on any atom is -0.350 e. The van der Waals surface area contributed by atoms with Gasteiger partial charge in [0.15, 0.2) is 6.04 Å². The molecule has 28 heavy (non-hydrogen) atoms. The van der Waals surface area contributed by atoms with Crippen molar-refractivity contribution in [3.63, 3.8) is 0 Å². The number of hydrogen-bond acceptors (Lipinski definition) is 1. The molecule has 3 aromatic rings. The fourth-order valence-electron chi connectivity index (χ4n) is 4.43. The second kappa shape index (κ2) is 8.03. The number of nitrogens with one attached hydrogen (secondary N) is 2. The zero-order chi connectivity index (χ0) is 19.5. The fraction of sp³-hybridized carbons (Fsp3) is 0.292. The third kappa shape index (κ3) is 3.60. The first-order valence-electron chi connectivity index (χ1n) is 10.1. The Balaban J connectivity index is 1.54. The summed E-state index contributed by atoms with van der Waals surface area (Å²) in [6.45, 7) is 3.09. The van der Waals surface area contributed by atoms with E-state index in [1.165, 1.54) is 10.6 Å². The molecule has 144 valence electrons. The van der Waals surface area contributed by atoms with E-state index in [1.54, 1.807) is 0 Å². The number of quaternary nitrogens is 1. The molecule has 0 bridgehead atoms. The van der Waals surface area contributed by atoms with Crippen LogP contribution >= 0.6 is 0 Å². The number of aromatic nitrogens is 1. The van der Waals surface area contributed by atoms with Crippen molar-refractivity contribution in [2.75, 3.05) is 11.9 Å². The van der Waals surface area contributed by atoms with Gasteiger partial charge in [0, 0.05) is 37.3 Å². The largest absolute Gasteiger partial charge is 0.350 e. The zero-order valence-corrected chi connectivity index (χ0v) is 16.6. The van der Waals surface area contributed by atoms with Crippen LogP contribution < -0.4 is 10.2 Å². The van der Waals surface area contributed by atoms with Crippen molar-refractivity contribution in [3.8, 4) is 11.1 Å². The van der Waals surface area contributed by atoms with E-state index in [-0.39, 0.29) is 11.9 Å². The van der Waals surface area contributed by atoms with Crippen LogP contribution in [0.2, 0.25) is 0 Å². The standard InChI is InChI=1S/C24H27N3O/c1-18(27-17-9-15-23(27)22-14-8-16-26(22)2)24(28)25-21-13-7-6-12-20(21)19-10-4-3-5-11-19/h3-8,10-14,16,18,23H,9,15,17H2,1-2H3,(H,25,28)/p+1/t18-,23+/m0/s1. The van der Waals surface area contributed by atoms with Crippen LogP contribution in [0.4, 0.5) is 5.69 Å². The van der Waals surface area contributed by atoms with E-state index in [9.17, 15) is 4.79 Å². The smallest absolute Gasteiger partial charge is 0.282 e. The van der Waals surface area contributed by atoms with Gasteiger partial charge >= 0.3 is 0 Å². The number of likely N-dealkylation sites (tertiary alicyclic amines) is 1. The lowest BCUT2D eigenvalue weighted by Crippen LogP contribution is -3.15. The van der Waals surface area contributed by atoms with Crippen molar-refractivity contribution >= 4 is 11.6 Å². The van der Waals surface area contributed by atoms with Crippen LogP contribution in [0.25, 0.3) is 11.1 Å². The lowest BCUT2D eigenvalue weighted by atomic mass is 10.0. The molecular formula is C24H28N3O+. The van der Waals surface area contributed by atoms with Gasteiger partial charge in [-0.25, -0.2) is 0 Å². The number of hydrogen-bond donors (Lipinski definition) is 2. The van der Waals surface area contributed by atoms with Gasteiger partial charge in [0.25, 0.3) is 5.91 Å². The van der Waals surface area contributed by atoms with Crippen molar-refractivity contribution in [3.05, 3.63) is 78.6 Å². The average Bonchev–Trinajstić information content (AvgIpc) is 3.37. The number of rotatable bonds is 5. The number of para-hydroxylation sites is 1. The highest BCUT2D eigenvalue weighted by Crippen LogP contribution is 2.27. The Labute approximate surface area is 166 Å². The van der Waals surface area contributed by atoms with Gasteiger partial charge in [-0.05, 0) is 30.7 Å². The lowest BCUT2D eigenvalue weighted by Gasteiger charge is -2.27. The lowest BCUT2D eigenvalue weighted by molar-refractivity contribution is -0.932. The Bertz CT molecular complexity index is 947. The summed E-state index contributed by atoms with van der Waals surface area (Å²) in [6.07, 6.45) is 4.38. The number of aryl methyl sites for hydroxylation is 1. The van der Waals surface area contributed by atoms with Crippen LogP contribution in [0.5, 0.6) is 0 Å². The molecule has 1 saturated heterocycles. The summed E-state index contributed by atoms with van der Waals surface area (Å²) in [5.74, 6) is 0.0829. The van der Waals surface area contributed by atoms with E-state index >= 15 is 0 Å². The van der Waals surface area contributed by atoms with Crippen LogP contribution in [-0.4, -0.2) is 23.1 Å². The van der Waals surface area contributed by atoms with Crippen molar-refractivity contribution in [2.24, 2.45) is 7.05 Å². The molecule has 3 atom stereocenters. The van der Waals surface area contributed by atoms with E-state index < -0.39 is 0 Å². The van der Waals surface area contributed by atoms with E-state index in [1.807, 2.05) is 36.4 Å². The highest BCUT2D eigenvalue weighted by molar-refractivity contribution is 5.97. The highest BCUT2D eigenvalue weighted by Gasteiger charge is 2.38. The maximum Gasteiger partial charge on any atom is 0.282 e. The van der Waals surface area contributed by atoms with Gasteiger partial charge in [0.1, 0.15) is 6.04 Å². The number of amides is 1. The quantitative estimate of drug-likeness (QED) is 0.705. The van der Waals surface area contributed by atoms with Crippen molar-refractivity contribution in [1.29, 1.82) is 0 Å². The van der Waals surface area contributed by atoms with E-state index in [4.69, 9.17) is 0 Å². The van der Waals surface area contributed by atoms with Crippen LogP contribution in [0.15, 0.2) is 72.9 Å². The summed E-state index contributed by atoms with van der Waals surface area (Å²) < 4.78 is 2.19. The van der Waals surface area contributed by atoms with Crippen molar-refractivity contribution in [1.82, 2.24) is 4.57 Å². The summed E-state index contributed by atoms with van der Waals surface area (Å²) >= 11 is 0. The SMILES string of the molecule is C[C@@H](C(=O)Nc1ccccc1-c1ccccc1)[NH+]1CCC[C@@H]1c1cccn1C. The number of benzene rings is 2. The van der Waals surface area contributed by atoms with Gasteiger partial charge in [0.2, 0.25) is 0 Å². The molecule has 1 amide bonds. The van der Waals surface area contributed by atoms with Crippen LogP contribution in [0.1, 0.15) is 31.5 Å². The summed E-state index contributed by atoms with van der Waals surface area (Å²) in [4.78, 5) is 14.5. The van der Waals surface area contributed by atoms with Crippen LogP contribution in [0.3, 0.4) is 0 Å². The van der Waals surface area contributed by atoms with Gasteiger partial charge < -0.3 is 14.8 Å². The third-order valence-electron chi connectivity index (χ3n) is 5.97. The second-order valence-electron chi connectivity index (χ2n) is 7.69. The first kappa shape index (κ1) is 18.5. The Morgan fingerprint density at radius 2 is 1.82 bits per heavy atom. The molecule has 4 rings (SSSR count). The molecule has 2 N–H and O–H groups in total. The van der Waals surface area contributed by atoms with E-state index in [0.717, 1.165) is 36.2 Å². The molecule has 1 aliphatic rings. The van der Waals surface area contributed by atoms with E-state index in [2.05, 4.69) is 60.4 Å². The minimum atomic E-state index is -0.105. The van der Waals surface area contributed by atoms with Gasteiger partial charge in [-0.1, -0.05) is 48.5 Å². The summed E-state index contributed by atoms with van der Waals surface area (Å²) in [6, 6.07) is 22.8. The minimum absolute atomic E-state index is 0.0829. The maximum absolute atomic E-state index is 13.1. The Morgan fingerprint density at radius 1 is 1.07 bits per heavy atom. The summed E-state index contributed by atoms with van der Waals surface area (Å²) in [7, 11) is 2.09. The average molecular weight is 375 g/mol. The molecule has 1 unspecified atom stereocenters. The molecule has 2 aromatic carbocycles.